The van der Waals surface area contributed by atoms with Crippen LogP contribution in [0.25, 0.3) is 10.9 Å². The molecule has 4 rings (SSSR count). The van der Waals surface area contributed by atoms with Crippen molar-refractivity contribution >= 4 is 38.6 Å². The van der Waals surface area contributed by atoms with E-state index in [0.29, 0.717) is 35.0 Å². The third-order valence-electron chi connectivity index (χ3n) is 4.24. The molecule has 1 aromatic heterocycles. The van der Waals surface area contributed by atoms with E-state index in [1.807, 2.05) is 30.3 Å². The lowest BCUT2D eigenvalue weighted by atomic mass is 10.2. The Morgan fingerprint density at radius 1 is 1.26 bits per heavy atom. The van der Waals surface area contributed by atoms with Crippen LogP contribution in [0.5, 0.6) is 11.5 Å². The van der Waals surface area contributed by atoms with Crippen molar-refractivity contribution in [2.45, 2.75) is 17.5 Å². The normalized spacial score (nSPS) is 12.7. The van der Waals surface area contributed by atoms with Crippen LogP contribution < -0.4 is 15.0 Å². The number of methoxy groups -OCH3 is 1. The molecular formula is C19H17BrN2O4S. The summed E-state index contributed by atoms with van der Waals surface area (Å²) in [5.41, 5.74) is 1.69. The molecule has 3 aromatic rings. The highest BCUT2D eigenvalue weighted by Gasteiger charge is 2.17. The zero-order valence-electron chi connectivity index (χ0n) is 14.6. The molecule has 2 aromatic carbocycles. The van der Waals surface area contributed by atoms with E-state index in [2.05, 4.69) is 15.9 Å². The van der Waals surface area contributed by atoms with E-state index in [4.69, 9.17) is 19.2 Å². The summed E-state index contributed by atoms with van der Waals surface area (Å²) in [7, 11) is 1.62. The first-order chi connectivity index (χ1) is 13.2. The third kappa shape index (κ3) is 3.69. The van der Waals surface area contributed by atoms with E-state index in [1.165, 1.54) is 11.8 Å². The Balaban J connectivity index is 1.68. The largest absolute Gasteiger partial charge is 0.454 e. The standard InChI is InChI=1S/C19H17BrN2O4S/c1-24-7-6-22-18(23)13-4-2-3-5-15(13)21-19(22)27-10-12-8-16-17(9-14(12)20)26-11-25-16/h2-5,8-9H,6-7,10-11H2,1H3. The smallest absolute Gasteiger partial charge is 0.262 e. The fourth-order valence-corrected chi connectivity index (χ4v) is 4.51. The van der Waals surface area contributed by atoms with Gasteiger partial charge in [0, 0.05) is 17.3 Å². The number of benzene rings is 2. The number of halogens is 1. The molecule has 0 aliphatic carbocycles. The van der Waals surface area contributed by atoms with Crippen molar-refractivity contribution in [1.82, 2.24) is 9.55 Å². The maximum atomic E-state index is 12.9. The molecule has 0 radical (unpaired) electrons. The van der Waals surface area contributed by atoms with Gasteiger partial charge in [0.05, 0.1) is 24.1 Å². The van der Waals surface area contributed by atoms with Gasteiger partial charge in [-0.3, -0.25) is 9.36 Å². The van der Waals surface area contributed by atoms with Crippen LogP contribution in [0.2, 0.25) is 0 Å². The fourth-order valence-electron chi connectivity index (χ4n) is 2.85. The van der Waals surface area contributed by atoms with Crippen molar-refractivity contribution in [2.75, 3.05) is 20.5 Å². The van der Waals surface area contributed by atoms with E-state index in [9.17, 15) is 4.79 Å². The number of thioether (sulfide) groups is 1. The predicted octanol–water partition coefficient (Wildman–Crippen LogP) is 3.83. The minimum absolute atomic E-state index is 0.0510. The van der Waals surface area contributed by atoms with Gasteiger partial charge in [-0.25, -0.2) is 4.98 Å². The van der Waals surface area contributed by atoms with Crippen LogP contribution in [0, 0.1) is 0 Å². The van der Waals surface area contributed by atoms with E-state index >= 15 is 0 Å². The molecule has 0 amide bonds. The molecule has 0 unspecified atom stereocenters. The van der Waals surface area contributed by atoms with Crippen molar-refractivity contribution in [2.24, 2.45) is 0 Å². The number of fused-ring (bicyclic) bond motifs is 2. The summed E-state index contributed by atoms with van der Waals surface area (Å²) in [5, 5.41) is 1.28. The number of hydrogen-bond donors (Lipinski definition) is 0. The zero-order chi connectivity index (χ0) is 18.8. The molecule has 2 heterocycles. The summed E-state index contributed by atoms with van der Waals surface area (Å²) >= 11 is 5.09. The number of ether oxygens (including phenoxy) is 3. The van der Waals surface area contributed by atoms with Gasteiger partial charge in [-0.15, -0.1) is 0 Å². The van der Waals surface area contributed by atoms with Gasteiger partial charge in [0.1, 0.15) is 0 Å². The molecule has 0 saturated heterocycles. The van der Waals surface area contributed by atoms with Crippen molar-refractivity contribution in [3.63, 3.8) is 0 Å². The number of rotatable bonds is 6. The number of para-hydroxylation sites is 1. The Morgan fingerprint density at radius 3 is 2.85 bits per heavy atom. The highest BCUT2D eigenvalue weighted by molar-refractivity contribution is 9.10. The molecule has 140 valence electrons. The van der Waals surface area contributed by atoms with Crippen LogP contribution in [-0.2, 0) is 17.0 Å². The van der Waals surface area contributed by atoms with Gasteiger partial charge in [-0.05, 0) is 29.8 Å². The van der Waals surface area contributed by atoms with E-state index in [1.54, 1.807) is 17.7 Å². The van der Waals surface area contributed by atoms with Crippen molar-refractivity contribution in [3.05, 3.63) is 56.8 Å². The van der Waals surface area contributed by atoms with Crippen LogP contribution in [0.4, 0.5) is 0 Å². The topological polar surface area (TPSA) is 62.6 Å². The lowest BCUT2D eigenvalue weighted by Gasteiger charge is -2.13. The van der Waals surface area contributed by atoms with Gasteiger partial charge < -0.3 is 14.2 Å². The maximum absolute atomic E-state index is 12.9. The summed E-state index contributed by atoms with van der Waals surface area (Å²) < 4.78 is 18.6. The predicted molar refractivity (Wildman–Crippen MR) is 108 cm³/mol. The Labute approximate surface area is 168 Å². The first-order valence-electron chi connectivity index (χ1n) is 8.36. The van der Waals surface area contributed by atoms with Crippen LogP contribution in [-0.4, -0.2) is 30.1 Å². The molecule has 27 heavy (non-hydrogen) atoms. The Morgan fingerprint density at radius 2 is 2.04 bits per heavy atom. The summed E-state index contributed by atoms with van der Waals surface area (Å²) in [5.74, 6) is 2.10. The van der Waals surface area contributed by atoms with Gasteiger partial charge in [-0.2, -0.15) is 0 Å². The van der Waals surface area contributed by atoms with Crippen LogP contribution in [0.3, 0.4) is 0 Å². The van der Waals surface area contributed by atoms with Crippen LogP contribution in [0.1, 0.15) is 5.56 Å². The van der Waals surface area contributed by atoms with Crippen molar-refractivity contribution in [1.29, 1.82) is 0 Å². The molecular weight excluding hydrogens is 432 g/mol. The molecule has 0 spiro atoms. The fraction of sp³-hybridized carbons (Fsp3) is 0.263. The maximum Gasteiger partial charge on any atom is 0.262 e. The lowest BCUT2D eigenvalue weighted by molar-refractivity contribution is 0.174. The van der Waals surface area contributed by atoms with Gasteiger partial charge in [-0.1, -0.05) is 39.8 Å². The number of aromatic nitrogens is 2. The Kier molecular flexibility index (Phi) is 5.38. The summed E-state index contributed by atoms with van der Waals surface area (Å²) in [6, 6.07) is 11.3. The monoisotopic (exact) mass is 448 g/mol. The zero-order valence-corrected chi connectivity index (χ0v) is 17.0. The minimum atomic E-state index is -0.0510. The quantitative estimate of drug-likeness (QED) is 0.421. The summed E-state index contributed by atoms with van der Waals surface area (Å²) in [4.78, 5) is 17.6. The van der Waals surface area contributed by atoms with Crippen LogP contribution in [0.15, 0.2) is 50.8 Å². The van der Waals surface area contributed by atoms with Gasteiger partial charge in [0.2, 0.25) is 6.79 Å². The second kappa shape index (κ2) is 7.92. The molecule has 8 heteroatoms. The van der Waals surface area contributed by atoms with E-state index in [0.717, 1.165) is 21.5 Å². The SMILES string of the molecule is COCCn1c(SCc2cc3c(cc2Br)OCO3)nc2ccccc2c1=O. The Hall–Kier alpha value is -2.03. The molecule has 0 fully saturated rings. The van der Waals surface area contributed by atoms with Crippen LogP contribution >= 0.6 is 27.7 Å². The van der Waals surface area contributed by atoms with Gasteiger partial charge in [0.15, 0.2) is 16.7 Å². The van der Waals surface area contributed by atoms with E-state index in [-0.39, 0.29) is 12.4 Å². The highest BCUT2D eigenvalue weighted by Crippen LogP contribution is 2.38. The van der Waals surface area contributed by atoms with Crippen molar-refractivity contribution < 1.29 is 14.2 Å². The minimum Gasteiger partial charge on any atom is -0.454 e. The average molecular weight is 449 g/mol. The molecule has 0 saturated carbocycles. The Bertz CT molecular complexity index is 1050. The molecule has 0 bridgehead atoms. The summed E-state index contributed by atoms with van der Waals surface area (Å²) in [6.07, 6.45) is 0. The third-order valence-corrected chi connectivity index (χ3v) is 6.01. The first-order valence-corrected chi connectivity index (χ1v) is 10.1. The molecule has 0 N–H and O–H groups in total. The summed E-state index contributed by atoms with van der Waals surface area (Å²) in [6.45, 7) is 1.14. The molecule has 1 aliphatic heterocycles. The lowest BCUT2D eigenvalue weighted by Crippen LogP contribution is -2.25. The average Bonchev–Trinajstić information content (AvgIpc) is 3.12. The highest BCUT2D eigenvalue weighted by atomic mass is 79.9. The van der Waals surface area contributed by atoms with Gasteiger partial charge >= 0.3 is 0 Å². The second-order valence-electron chi connectivity index (χ2n) is 5.95. The molecule has 1 aliphatic rings. The van der Waals surface area contributed by atoms with E-state index < -0.39 is 0 Å². The van der Waals surface area contributed by atoms with Crippen molar-refractivity contribution in [3.8, 4) is 11.5 Å². The number of nitrogens with zero attached hydrogens (tertiary/aromatic N) is 2. The van der Waals surface area contributed by atoms with Gasteiger partial charge in [0.25, 0.3) is 5.56 Å². The first kappa shape index (κ1) is 18.3. The second-order valence-corrected chi connectivity index (χ2v) is 7.74. The number of hydrogen-bond acceptors (Lipinski definition) is 6. The molecule has 0 atom stereocenters. The molecule has 6 nitrogen and oxygen atoms in total.